The highest BCUT2D eigenvalue weighted by molar-refractivity contribution is 7.79. The second kappa shape index (κ2) is 12.0. The molecular weight excluding hydrogens is 507 g/mol. The number of rotatable bonds is 11. The molecule has 0 fully saturated rings. The number of hydrogen-bond donors (Lipinski definition) is 3. The van der Waals surface area contributed by atoms with Gasteiger partial charge in [0, 0.05) is 23.2 Å². The van der Waals surface area contributed by atoms with E-state index in [1.54, 1.807) is 6.07 Å². The summed E-state index contributed by atoms with van der Waals surface area (Å²) in [5, 5.41) is 7.26. The van der Waals surface area contributed by atoms with E-state index in [4.69, 9.17) is 13.7 Å². The van der Waals surface area contributed by atoms with E-state index in [1.807, 2.05) is 60.7 Å². The quantitative estimate of drug-likeness (QED) is 0.148. The van der Waals surface area contributed by atoms with Gasteiger partial charge in [-0.25, -0.2) is 18.6 Å². The number of halogens is 1. The summed E-state index contributed by atoms with van der Waals surface area (Å²) in [4.78, 5) is 8.82. The van der Waals surface area contributed by atoms with Crippen molar-refractivity contribution in [2.45, 2.75) is 13.2 Å². The maximum absolute atomic E-state index is 13.4. The van der Waals surface area contributed by atoms with E-state index in [0.717, 1.165) is 33.5 Å². The van der Waals surface area contributed by atoms with E-state index >= 15 is 0 Å². The molecule has 38 heavy (non-hydrogen) atoms. The Balaban J connectivity index is 1.27. The van der Waals surface area contributed by atoms with Crippen molar-refractivity contribution in [3.8, 4) is 17.1 Å². The Hall–Kier alpha value is -4.12. The van der Waals surface area contributed by atoms with Crippen LogP contribution in [0.15, 0.2) is 89.6 Å². The lowest BCUT2D eigenvalue weighted by atomic mass is 10.1. The number of aromatic nitrogens is 2. The summed E-state index contributed by atoms with van der Waals surface area (Å²) in [5.74, 6) is 2.62. The van der Waals surface area contributed by atoms with Gasteiger partial charge in [0.15, 0.2) is 11.1 Å². The van der Waals surface area contributed by atoms with Gasteiger partial charge >= 0.3 is 0 Å². The highest BCUT2D eigenvalue weighted by Crippen LogP contribution is 2.30. The Bertz CT molecular complexity index is 1560. The van der Waals surface area contributed by atoms with Crippen molar-refractivity contribution in [2.75, 3.05) is 17.6 Å². The molecule has 0 aliphatic carbocycles. The van der Waals surface area contributed by atoms with E-state index in [9.17, 15) is 8.60 Å². The van der Waals surface area contributed by atoms with Crippen molar-refractivity contribution in [1.82, 2.24) is 15.3 Å². The van der Waals surface area contributed by atoms with E-state index in [2.05, 4.69) is 20.6 Å². The topological polar surface area (TPSA) is 110 Å². The molecule has 0 aliphatic heterocycles. The lowest BCUT2D eigenvalue weighted by Gasteiger charge is -2.11. The molecule has 8 nitrogen and oxygen atoms in total. The second-order valence-corrected chi connectivity index (χ2v) is 9.54. The van der Waals surface area contributed by atoms with Gasteiger partial charge in [0.2, 0.25) is 0 Å². The average Bonchev–Trinajstić information content (AvgIpc) is 3.40. The van der Waals surface area contributed by atoms with Gasteiger partial charge in [0.05, 0.1) is 17.8 Å². The zero-order valence-electron chi connectivity index (χ0n) is 20.3. The van der Waals surface area contributed by atoms with Crippen molar-refractivity contribution in [2.24, 2.45) is 0 Å². The molecule has 0 bridgehead atoms. The SMILES string of the molecule is O=S(O)CCNCc1ccc(-c2ccc3ncnc(Nc4ccc(OCc5cccc(F)c5)cc4)c3c2)o1. The van der Waals surface area contributed by atoms with Crippen LogP contribution in [0.1, 0.15) is 11.3 Å². The van der Waals surface area contributed by atoms with Crippen molar-refractivity contribution in [3.63, 3.8) is 0 Å². The summed E-state index contributed by atoms with van der Waals surface area (Å²) in [6, 6.07) is 23.4. The van der Waals surface area contributed by atoms with Crippen LogP contribution < -0.4 is 15.4 Å². The molecular formula is C28H25FN4O4S. The zero-order chi connectivity index (χ0) is 26.3. The molecule has 0 aliphatic rings. The van der Waals surface area contributed by atoms with Crippen LogP contribution in [0.3, 0.4) is 0 Å². The Morgan fingerprint density at radius 2 is 1.87 bits per heavy atom. The fraction of sp³-hybridized carbons (Fsp3) is 0.143. The lowest BCUT2D eigenvalue weighted by Crippen LogP contribution is -2.19. The molecule has 5 rings (SSSR count). The minimum Gasteiger partial charge on any atom is -0.489 e. The number of fused-ring (bicyclic) bond motifs is 1. The van der Waals surface area contributed by atoms with Gasteiger partial charge in [-0.15, -0.1) is 0 Å². The molecule has 1 atom stereocenters. The van der Waals surface area contributed by atoms with Crippen LogP contribution in [0.25, 0.3) is 22.2 Å². The van der Waals surface area contributed by atoms with Crippen LogP contribution in [0.4, 0.5) is 15.9 Å². The first-order valence-electron chi connectivity index (χ1n) is 11.9. The van der Waals surface area contributed by atoms with E-state index < -0.39 is 11.1 Å². The van der Waals surface area contributed by atoms with Gasteiger partial charge in [0.1, 0.15) is 41.8 Å². The van der Waals surface area contributed by atoms with Gasteiger partial charge in [-0.3, -0.25) is 0 Å². The maximum atomic E-state index is 13.4. The van der Waals surface area contributed by atoms with Gasteiger partial charge in [-0.1, -0.05) is 12.1 Å². The lowest BCUT2D eigenvalue weighted by molar-refractivity contribution is 0.305. The number of benzene rings is 3. The highest BCUT2D eigenvalue weighted by Gasteiger charge is 2.10. The third-order valence-corrected chi connectivity index (χ3v) is 6.30. The van der Waals surface area contributed by atoms with Gasteiger partial charge in [-0.2, -0.15) is 0 Å². The number of furan rings is 1. The minimum atomic E-state index is -1.82. The first-order valence-corrected chi connectivity index (χ1v) is 13.2. The van der Waals surface area contributed by atoms with Crippen LogP contribution in [0.2, 0.25) is 0 Å². The molecule has 0 radical (unpaired) electrons. The molecule has 3 aromatic carbocycles. The van der Waals surface area contributed by atoms with Crippen LogP contribution >= 0.6 is 0 Å². The number of anilines is 2. The fourth-order valence-electron chi connectivity index (χ4n) is 3.87. The monoisotopic (exact) mass is 532 g/mol. The fourth-order valence-corrected chi connectivity index (χ4v) is 4.19. The minimum absolute atomic E-state index is 0.165. The molecule has 2 aromatic heterocycles. The summed E-state index contributed by atoms with van der Waals surface area (Å²) in [5.41, 5.74) is 3.24. The molecule has 2 heterocycles. The number of nitrogens with one attached hydrogen (secondary N) is 2. The van der Waals surface area contributed by atoms with Crippen molar-refractivity contribution >= 4 is 33.5 Å². The predicted octanol–water partition coefficient (Wildman–Crippen LogP) is 5.66. The normalized spacial score (nSPS) is 11.9. The zero-order valence-corrected chi connectivity index (χ0v) is 21.1. The molecule has 0 spiro atoms. The molecule has 0 amide bonds. The first kappa shape index (κ1) is 25.5. The molecule has 10 heteroatoms. The molecule has 3 N–H and O–H groups in total. The Kier molecular flexibility index (Phi) is 8.03. The van der Waals surface area contributed by atoms with Crippen molar-refractivity contribution in [1.29, 1.82) is 0 Å². The van der Waals surface area contributed by atoms with Gasteiger partial charge in [-0.05, 0) is 72.3 Å². The highest BCUT2D eigenvalue weighted by atomic mass is 32.2. The third kappa shape index (κ3) is 6.60. The predicted molar refractivity (Wildman–Crippen MR) is 145 cm³/mol. The molecule has 0 saturated heterocycles. The molecule has 194 valence electrons. The van der Waals surface area contributed by atoms with Crippen LogP contribution in [0, 0.1) is 5.82 Å². The summed E-state index contributed by atoms with van der Waals surface area (Å²) in [6.07, 6.45) is 1.51. The molecule has 1 unspecified atom stereocenters. The summed E-state index contributed by atoms with van der Waals surface area (Å²) >= 11 is -1.82. The largest absolute Gasteiger partial charge is 0.489 e. The smallest absolute Gasteiger partial charge is 0.154 e. The third-order valence-electron chi connectivity index (χ3n) is 5.75. The van der Waals surface area contributed by atoms with Gasteiger partial charge < -0.3 is 24.3 Å². The summed E-state index contributed by atoms with van der Waals surface area (Å²) in [7, 11) is 0. The Morgan fingerprint density at radius 3 is 2.68 bits per heavy atom. The number of hydrogen-bond acceptors (Lipinski definition) is 7. The van der Waals surface area contributed by atoms with E-state index in [1.165, 1.54) is 18.5 Å². The number of ether oxygens (including phenoxy) is 1. The van der Waals surface area contributed by atoms with Crippen LogP contribution in [0.5, 0.6) is 5.75 Å². The van der Waals surface area contributed by atoms with Crippen LogP contribution in [-0.4, -0.2) is 31.0 Å². The molecule has 5 aromatic rings. The van der Waals surface area contributed by atoms with Crippen molar-refractivity contribution in [3.05, 3.63) is 102 Å². The van der Waals surface area contributed by atoms with Crippen molar-refractivity contribution < 1.29 is 22.3 Å². The van der Waals surface area contributed by atoms with Gasteiger partial charge in [0.25, 0.3) is 0 Å². The summed E-state index contributed by atoms with van der Waals surface area (Å²) < 4.78 is 44.7. The van der Waals surface area contributed by atoms with E-state index in [-0.39, 0.29) is 18.2 Å². The molecule has 0 saturated carbocycles. The number of nitrogens with zero attached hydrogens (tertiary/aromatic N) is 2. The van der Waals surface area contributed by atoms with E-state index in [0.29, 0.717) is 30.4 Å². The standard InChI is InChI=1S/C28H25FN4O4S/c29-21-3-1-2-19(14-21)17-36-23-7-5-22(6-8-23)33-28-25-15-20(4-10-26(25)31-18-32-28)27-11-9-24(37-27)16-30-12-13-38(34)35/h1-11,14-15,18,30H,12-13,16-17H2,(H,34,35)(H,31,32,33). The maximum Gasteiger partial charge on any atom is 0.154 e. The Labute approximate surface area is 221 Å². The summed E-state index contributed by atoms with van der Waals surface area (Å²) in [6.45, 7) is 1.15. The first-order chi connectivity index (χ1) is 18.5. The Morgan fingerprint density at radius 1 is 1.00 bits per heavy atom. The van der Waals surface area contributed by atoms with Crippen LogP contribution in [-0.2, 0) is 24.2 Å². The average molecular weight is 533 g/mol. The second-order valence-electron chi connectivity index (χ2n) is 8.49.